The summed E-state index contributed by atoms with van der Waals surface area (Å²) in [7, 11) is 0. The zero-order chi connectivity index (χ0) is 15.1. The van der Waals surface area contributed by atoms with Gasteiger partial charge in [-0.05, 0) is 29.3 Å². The fraction of sp³-hybridized carbons (Fsp3) is 0. The third-order valence-electron chi connectivity index (χ3n) is 3.05. The SMILES string of the molecule is O=C1C=C(c2cc(O)cc(C3=CC(=O)NC3=O)c2)C(=O)N1. The second-order valence-corrected chi connectivity index (χ2v) is 4.52. The highest BCUT2D eigenvalue weighted by Gasteiger charge is 2.26. The molecule has 4 amide bonds. The molecule has 0 bridgehead atoms. The van der Waals surface area contributed by atoms with E-state index < -0.39 is 23.6 Å². The van der Waals surface area contributed by atoms with Crippen molar-refractivity contribution in [3.05, 3.63) is 41.5 Å². The number of carbonyl (C=O) groups excluding carboxylic acids is 4. The Bertz CT molecular complexity index is 726. The van der Waals surface area contributed by atoms with E-state index in [9.17, 15) is 24.3 Å². The summed E-state index contributed by atoms with van der Waals surface area (Å²) in [5.41, 5.74) is 0.729. The Hall–Kier alpha value is -3.22. The van der Waals surface area contributed by atoms with Crippen molar-refractivity contribution in [1.29, 1.82) is 0 Å². The molecule has 1 aromatic rings. The summed E-state index contributed by atoms with van der Waals surface area (Å²) in [5.74, 6) is -2.46. The Morgan fingerprint density at radius 2 is 1.14 bits per heavy atom. The number of rotatable bonds is 2. The van der Waals surface area contributed by atoms with E-state index in [2.05, 4.69) is 10.6 Å². The molecule has 0 saturated carbocycles. The van der Waals surface area contributed by atoms with Gasteiger partial charge in [-0.15, -0.1) is 0 Å². The largest absolute Gasteiger partial charge is 0.508 e. The van der Waals surface area contributed by atoms with Gasteiger partial charge in [0.1, 0.15) is 5.75 Å². The Kier molecular flexibility index (Phi) is 2.69. The van der Waals surface area contributed by atoms with Gasteiger partial charge in [0.25, 0.3) is 23.6 Å². The van der Waals surface area contributed by atoms with Crippen molar-refractivity contribution in [2.45, 2.75) is 0 Å². The maximum atomic E-state index is 11.6. The van der Waals surface area contributed by atoms with Gasteiger partial charge < -0.3 is 5.11 Å². The van der Waals surface area contributed by atoms with Gasteiger partial charge >= 0.3 is 0 Å². The van der Waals surface area contributed by atoms with Crippen LogP contribution in [0.3, 0.4) is 0 Å². The first kappa shape index (κ1) is 12.8. The van der Waals surface area contributed by atoms with E-state index >= 15 is 0 Å². The first-order chi connectivity index (χ1) is 9.94. The molecule has 0 saturated heterocycles. The van der Waals surface area contributed by atoms with Gasteiger partial charge in [-0.3, -0.25) is 29.8 Å². The molecule has 2 aliphatic rings. The molecule has 0 radical (unpaired) electrons. The van der Waals surface area contributed by atoms with Gasteiger partial charge in [-0.2, -0.15) is 0 Å². The van der Waals surface area contributed by atoms with Crippen LogP contribution in [0.1, 0.15) is 11.1 Å². The minimum Gasteiger partial charge on any atom is -0.508 e. The fourth-order valence-electron chi connectivity index (χ4n) is 2.17. The summed E-state index contributed by atoms with van der Waals surface area (Å²) in [6.45, 7) is 0. The highest BCUT2D eigenvalue weighted by Crippen LogP contribution is 2.28. The molecular weight excluding hydrogens is 276 g/mol. The number of aromatic hydroxyl groups is 1. The lowest BCUT2D eigenvalue weighted by molar-refractivity contribution is -0.124. The number of nitrogens with one attached hydrogen (secondary N) is 2. The lowest BCUT2D eigenvalue weighted by Crippen LogP contribution is -2.22. The average Bonchev–Trinajstić information content (AvgIpc) is 2.90. The van der Waals surface area contributed by atoms with Crippen molar-refractivity contribution in [2.24, 2.45) is 0 Å². The maximum absolute atomic E-state index is 11.6. The summed E-state index contributed by atoms with van der Waals surface area (Å²) in [5, 5.41) is 13.9. The zero-order valence-electron chi connectivity index (χ0n) is 10.5. The van der Waals surface area contributed by atoms with Gasteiger partial charge in [0, 0.05) is 12.2 Å². The van der Waals surface area contributed by atoms with Crippen molar-refractivity contribution in [3.63, 3.8) is 0 Å². The number of phenols is 1. The molecule has 1 aromatic carbocycles. The van der Waals surface area contributed by atoms with Crippen molar-refractivity contribution in [2.75, 3.05) is 0 Å². The van der Waals surface area contributed by atoms with Crippen LogP contribution < -0.4 is 10.6 Å². The monoisotopic (exact) mass is 284 g/mol. The first-order valence-corrected chi connectivity index (χ1v) is 5.93. The van der Waals surface area contributed by atoms with Crippen molar-refractivity contribution < 1.29 is 24.3 Å². The van der Waals surface area contributed by atoms with Crippen LogP contribution in [0, 0.1) is 0 Å². The summed E-state index contributed by atoms with van der Waals surface area (Å²) >= 11 is 0. The van der Waals surface area contributed by atoms with E-state index in [1.54, 1.807) is 0 Å². The molecule has 7 nitrogen and oxygen atoms in total. The number of phenolic OH excluding ortho intramolecular Hbond substituents is 1. The molecular formula is C14H8N2O5. The number of imide groups is 2. The number of hydrogen-bond acceptors (Lipinski definition) is 5. The van der Waals surface area contributed by atoms with Crippen LogP contribution >= 0.6 is 0 Å². The Balaban J connectivity index is 2.10. The van der Waals surface area contributed by atoms with Gasteiger partial charge in [0.15, 0.2) is 0 Å². The van der Waals surface area contributed by atoms with E-state index in [0.717, 1.165) is 12.2 Å². The van der Waals surface area contributed by atoms with Gasteiger partial charge in [0.05, 0.1) is 11.1 Å². The van der Waals surface area contributed by atoms with Crippen LogP contribution in [0.5, 0.6) is 5.75 Å². The van der Waals surface area contributed by atoms with Crippen LogP contribution in [0.15, 0.2) is 30.4 Å². The molecule has 0 aliphatic carbocycles. The maximum Gasteiger partial charge on any atom is 0.258 e. The summed E-state index contributed by atoms with van der Waals surface area (Å²) in [6.07, 6.45) is 2.21. The molecule has 2 aliphatic heterocycles. The third kappa shape index (κ3) is 2.20. The van der Waals surface area contributed by atoms with E-state index in [-0.39, 0.29) is 28.0 Å². The molecule has 3 N–H and O–H groups in total. The normalized spacial score (nSPS) is 17.5. The lowest BCUT2D eigenvalue weighted by Gasteiger charge is -2.06. The summed E-state index contributed by atoms with van der Waals surface area (Å²) in [6, 6.07) is 4.04. The number of benzene rings is 1. The molecule has 2 heterocycles. The van der Waals surface area contributed by atoms with E-state index in [1.807, 2.05) is 0 Å². The molecule has 104 valence electrons. The highest BCUT2D eigenvalue weighted by molar-refractivity contribution is 6.35. The van der Waals surface area contributed by atoms with Crippen molar-refractivity contribution in [1.82, 2.24) is 10.6 Å². The second-order valence-electron chi connectivity index (χ2n) is 4.52. The van der Waals surface area contributed by atoms with E-state index in [0.29, 0.717) is 0 Å². The van der Waals surface area contributed by atoms with E-state index in [1.165, 1.54) is 18.2 Å². The standard InChI is InChI=1S/C14H8N2O5/c17-8-2-6(9-4-11(18)15-13(9)20)1-7(3-8)10-5-12(19)16-14(10)21/h1-5,17H,(H,15,18,20)(H,16,19,21). The predicted octanol–water partition coefficient (Wildman–Crippen LogP) is -0.528. The quantitative estimate of drug-likeness (QED) is 0.632. The molecule has 0 atom stereocenters. The highest BCUT2D eigenvalue weighted by atomic mass is 16.3. The first-order valence-electron chi connectivity index (χ1n) is 5.93. The second kappa shape index (κ2) is 4.41. The Labute approximate surface area is 118 Å². The zero-order valence-corrected chi connectivity index (χ0v) is 10.5. The van der Waals surface area contributed by atoms with Crippen LogP contribution in [0.4, 0.5) is 0 Å². The average molecular weight is 284 g/mol. The van der Waals surface area contributed by atoms with Crippen LogP contribution in [-0.2, 0) is 19.2 Å². The lowest BCUT2D eigenvalue weighted by atomic mass is 9.98. The molecule has 3 rings (SSSR count). The van der Waals surface area contributed by atoms with Gasteiger partial charge in [-0.1, -0.05) is 0 Å². The van der Waals surface area contributed by atoms with Crippen molar-refractivity contribution in [3.8, 4) is 5.75 Å². The smallest absolute Gasteiger partial charge is 0.258 e. The molecule has 7 heteroatoms. The molecule has 0 spiro atoms. The molecule has 21 heavy (non-hydrogen) atoms. The fourth-order valence-corrected chi connectivity index (χ4v) is 2.17. The van der Waals surface area contributed by atoms with Crippen molar-refractivity contribution >= 4 is 34.8 Å². The Morgan fingerprint density at radius 1 is 0.714 bits per heavy atom. The number of amides is 4. The molecule has 0 fully saturated rings. The van der Waals surface area contributed by atoms with Crippen LogP contribution in [0.2, 0.25) is 0 Å². The molecule has 0 aromatic heterocycles. The number of hydrogen-bond donors (Lipinski definition) is 3. The van der Waals surface area contributed by atoms with E-state index in [4.69, 9.17) is 0 Å². The van der Waals surface area contributed by atoms with Crippen LogP contribution in [0.25, 0.3) is 11.1 Å². The topological polar surface area (TPSA) is 113 Å². The van der Waals surface area contributed by atoms with Gasteiger partial charge in [0.2, 0.25) is 0 Å². The third-order valence-corrected chi connectivity index (χ3v) is 3.05. The van der Waals surface area contributed by atoms with Crippen LogP contribution in [-0.4, -0.2) is 28.7 Å². The Morgan fingerprint density at radius 3 is 1.48 bits per heavy atom. The minimum atomic E-state index is -0.586. The van der Waals surface area contributed by atoms with Gasteiger partial charge in [-0.25, -0.2) is 0 Å². The minimum absolute atomic E-state index is 0.0856. The summed E-state index contributed by atoms with van der Waals surface area (Å²) < 4.78 is 0. The summed E-state index contributed by atoms with van der Waals surface area (Å²) in [4.78, 5) is 45.6. The molecule has 0 unspecified atom stereocenters. The predicted molar refractivity (Wildman–Crippen MR) is 70.4 cm³/mol. The number of carbonyl (C=O) groups is 4.